The molecule has 3 fully saturated rings. The lowest BCUT2D eigenvalue weighted by Gasteiger charge is -2.60. The number of hydrogen-bond acceptors (Lipinski definition) is 7. The molecule has 1 aromatic carbocycles. The molecule has 9 nitrogen and oxygen atoms in total. The van der Waals surface area contributed by atoms with Crippen molar-refractivity contribution in [3.05, 3.63) is 29.8 Å². The molecule has 4 bridgehead atoms. The van der Waals surface area contributed by atoms with Crippen molar-refractivity contribution in [3.63, 3.8) is 0 Å². The predicted octanol–water partition coefficient (Wildman–Crippen LogP) is 4.41. The zero-order valence-corrected chi connectivity index (χ0v) is 27.3. The van der Waals surface area contributed by atoms with Crippen LogP contribution in [-0.2, 0) is 20.5 Å². The Hall–Kier alpha value is -2.14. The Morgan fingerprint density at radius 3 is 2.32 bits per heavy atom. The maximum Gasteiger partial charge on any atom is 0.410 e. The number of likely N-dealkylation sites (tertiary alicyclic amines) is 2. The Morgan fingerprint density at radius 2 is 1.78 bits per heavy atom. The van der Waals surface area contributed by atoms with E-state index in [1.165, 1.54) is 0 Å². The second-order valence-electron chi connectivity index (χ2n) is 14.5. The molecule has 0 aromatic heterocycles. The first-order valence-electron chi connectivity index (χ1n) is 14.8. The standard InChI is InChI=1S/C31H50N2O7Si/c1-29(2,3)40-28(37)32-15-14-24-23-16-21(19-39-41(8,9)30(4,5)6)26(32)31(24,25(35)18-34)33(27(23)36)17-20-10-12-22(38-7)13-11-20/h10-13,21,23-26,34-35H,14-19H2,1-9H3/t21-,23?,24+,25+,26+,31-/m0/s1. The van der Waals surface area contributed by atoms with Crippen LogP contribution in [0.1, 0.15) is 59.9 Å². The molecular formula is C31H50N2O7Si. The van der Waals surface area contributed by atoms with Gasteiger partial charge in [0.15, 0.2) is 8.32 Å². The van der Waals surface area contributed by atoms with Crippen molar-refractivity contribution in [1.29, 1.82) is 0 Å². The van der Waals surface area contributed by atoms with Gasteiger partial charge in [-0.25, -0.2) is 4.79 Å². The van der Waals surface area contributed by atoms with E-state index in [1.54, 1.807) is 16.9 Å². The molecule has 1 saturated carbocycles. The SMILES string of the molecule is COc1ccc(CN2C(=O)C3C[C@@H](CO[Si](C)(C)C(C)(C)C)[C@H]4N(C(=O)OC(C)(C)C)CC[C@H]3[C@]42[C@H](O)CO)cc1. The maximum absolute atomic E-state index is 14.2. The summed E-state index contributed by atoms with van der Waals surface area (Å²) < 4.78 is 17.9. The van der Waals surface area contributed by atoms with Crippen molar-refractivity contribution in [2.24, 2.45) is 17.8 Å². The van der Waals surface area contributed by atoms with Gasteiger partial charge >= 0.3 is 6.09 Å². The minimum atomic E-state index is -2.16. The van der Waals surface area contributed by atoms with E-state index in [2.05, 4.69) is 33.9 Å². The van der Waals surface area contributed by atoms with Gasteiger partial charge in [0.05, 0.1) is 25.3 Å². The largest absolute Gasteiger partial charge is 0.497 e. The van der Waals surface area contributed by atoms with E-state index in [0.29, 0.717) is 31.7 Å². The normalized spacial score (nSPS) is 29.0. The number of piperidine rings is 1. The molecular weight excluding hydrogens is 540 g/mol. The molecule has 1 aromatic rings. The summed E-state index contributed by atoms with van der Waals surface area (Å²) in [6.07, 6.45) is -0.616. The van der Waals surface area contributed by atoms with Gasteiger partial charge in [-0.1, -0.05) is 32.9 Å². The fourth-order valence-electron chi connectivity index (χ4n) is 7.03. The van der Waals surface area contributed by atoms with Crippen LogP contribution in [0.2, 0.25) is 18.1 Å². The van der Waals surface area contributed by atoms with Crippen molar-refractivity contribution in [2.45, 2.75) is 102 Å². The Labute approximate surface area is 246 Å². The molecule has 0 radical (unpaired) electrons. The smallest absolute Gasteiger partial charge is 0.410 e. The quantitative estimate of drug-likeness (QED) is 0.432. The third-order valence-electron chi connectivity index (χ3n) is 9.92. The van der Waals surface area contributed by atoms with Gasteiger partial charge in [0.1, 0.15) is 17.5 Å². The van der Waals surface area contributed by atoms with E-state index >= 15 is 0 Å². The molecule has 10 heteroatoms. The highest BCUT2D eigenvalue weighted by Crippen LogP contribution is 2.59. The van der Waals surface area contributed by atoms with Crippen LogP contribution in [0, 0.1) is 17.8 Å². The van der Waals surface area contributed by atoms with Gasteiger partial charge in [-0.3, -0.25) is 4.79 Å². The lowest BCUT2D eigenvalue weighted by atomic mass is 9.57. The van der Waals surface area contributed by atoms with E-state index in [-0.39, 0.29) is 35.2 Å². The fourth-order valence-corrected chi connectivity index (χ4v) is 8.10. The van der Waals surface area contributed by atoms with Crippen LogP contribution in [0.4, 0.5) is 4.79 Å². The second-order valence-corrected chi connectivity index (χ2v) is 19.4. The Bertz CT molecular complexity index is 1110. The molecule has 2 N–H and O–H groups in total. The highest BCUT2D eigenvalue weighted by Gasteiger charge is 2.72. The molecule has 41 heavy (non-hydrogen) atoms. The van der Waals surface area contributed by atoms with Crippen molar-refractivity contribution in [3.8, 4) is 5.75 Å². The van der Waals surface area contributed by atoms with Crippen molar-refractivity contribution in [1.82, 2.24) is 9.80 Å². The number of rotatable bonds is 8. The number of amides is 2. The van der Waals surface area contributed by atoms with Gasteiger partial charge in [-0.05, 0) is 69.4 Å². The summed E-state index contributed by atoms with van der Waals surface area (Å²) in [6.45, 7) is 17.0. The minimum Gasteiger partial charge on any atom is -0.497 e. The summed E-state index contributed by atoms with van der Waals surface area (Å²) >= 11 is 0. The molecule has 1 aliphatic carbocycles. The Morgan fingerprint density at radius 1 is 1.15 bits per heavy atom. The maximum atomic E-state index is 14.2. The summed E-state index contributed by atoms with van der Waals surface area (Å²) in [5, 5.41) is 22.2. The molecule has 2 aliphatic heterocycles. The zero-order valence-electron chi connectivity index (χ0n) is 26.3. The van der Waals surface area contributed by atoms with E-state index in [9.17, 15) is 19.8 Å². The fraction of sp³-hybridized carbons (Fsp3) is 0.742. The lowest BCUT2D eigenvalue weighted by molar-refractivity contribution is -0.164. The van der Waals surface area contributed by atoms with Crippen LogP contribution < -0.4 is 4.74 Å². The summed E-state index contributed by atoms with van der Waals surface area (Å²) in [6, 6.07) is 6.94. The highest BCUT2D eigenvalue weighted by molar-refractivity contribution is 6.74. The van der Waals surface area contributed by atoms with E-state index in [0.717, 1.165) is 5.56 Å². The number of nitrogens with zero attached hydrogens (tertiary/aromatic N) is 2. The Kier molecular flexibility index (Phi) is 8.66. The van der Waals surface area contributed by atoms with Gasteiger partial charge in [0.25, 0.3) is 0 Å². The molecule has 2 saturated heterocycles. The van der Waals surface area contributed by atoms with Crippen molar-refractivity contribution in [2.75, 3.05) is 26.9 Å². The third kappa shape index (κ3) is 5.64. The van der Waals surface area contributed by atoms with Gasteiger partial charge in [-0.15, -0.1) is 0 Å². The monoisotopic (exact) mass is 590 g/mol. The first-order chi connectivity index (χ1) is 19.0. The number of carbonyl (C=O) groups excluding carboxylic acids is 2. The molecule has 2 amide bonds. The van der Waals surface area contributed by atoms with Crippen LogP contribution in [0.3, 0.4) is 0 Å². The molecule has 6 atom stereocenters. The molecule has 2 heterocycles. The number of benzene rings is 1. The zero-order chi connectivity index (χ0) is 30.5. The summed E-state index contributed by atoms with van der Waals surface area (Å²) in [5.41, 5.74) is -1.01. The van der Waals surface area contributed by atoms with Crippen LogP contribution in [0.5, 0.6) is 5.75 Å². The van der Waals surface area contributed by atoms with E-state index in [4.69, 9.17) is 13.9 Å². The number of aliphatic hydroxyl groups is 2. The molecule has 0 spiro atoms. The lowest BCUT2D eigenvalue weighted by Crippen LogP contribution is -2.76. The minimum absolute atomic E-state index is 0.0148. The molecule has 230 valence electrons. The van der Waals surface area contributed by atoms with Gasteiger partial charge < -0.3 is 33.9 Å². The number of methoxy groups -OCH3 is 1. The number of ether oxygens (including phenoxy) is 2. The average Bonchev–Trinajstić information content (AvgIpc) is 3.04. The number of hydrogen-bond donors (Lipinski definition) is 2. The molecule has 3 aliphatic rings. The van der Waals surface area contributed by atoms with Crippen molar-refractivity contribution >= 4 is 20.3 Å². The topological polar surface area (TPSA) is 109 Å². The van der Waals surface area contributed by atoms with Crippen molar-refractivity contribution < 1.29 is 33.7 Å². The highest BCUT2D eigenvalue weighted by atomic mass is 28.4. The predicted molar refractivity (Wildman–Crippen MR) is 159 cm³/mol. The van der Waals surface area contributed by atoms with Crippen LogP contribution in [0.15, 0.2) is 24.3 Å². The number of carbonyl (C=O) groups is 2. The summed E-state index contributed by atoms with van der Waals surface area (Å²) in [7, 11) is -0.558. The average molecular weight is 591 g/mol. The van der Waals surface area contributed by atoms with Crippen LogP contribution >= 0.6 is 0 Å². The third-order valence-corrected chi connectivity index (χ3v) is 14.4. The van der Waals surface area contributed by atoms with Crippen LogP contribution in [-0.4, -0.2) is 90.5 Å². The molecule has 1 unspecified atom stereocenters. The van der Waals surface area contributed by atoms with E-state index in [1.807, 2.05) is 45.0 Å². The van der Waals surface area contributed by atoms with E-state index < -0.39 is 44.3 Å². The van der Waals surface area contributed by atoms with Crippen LogP contribution in [0.25, 0.3) is 0 Å². The second kappa shape index (κ2) is 11.2. The first-order valence-corrected chi connectivity index (χ1v) is 17.8. The summed E-state index contributed by atoms with van der Waals surface area (Å²) in [5.74, 6) is -0.0720. The van der Waals surface area contributed by atoms with Gasteiger partial charge in [0.2, 0.25) is 5.91 Å². The molecule has 4 rings (SSSR count). The number of aliphatic hydroxyl groups excluding tert-OH is 2. The Balaban J connectivity index is 1.82. The van der Waals surface area contributed by atoms with Gasteiger partial charge in [0, 0.05) is 37.5 Å². The summed E-state index contributed by atoms with van der Waals surface area (Å²) in [4.78, 5) is 31.5. The van der Waals surface area contributed by atoms with Gasteiger partial charge in [-0.2, -0.15) is 0 Å². The first kappa shape index (κ1) is 31.8.